The molecule has 0 bridgehead atoms. The lowest BCUT2D eigenvalue weighted by Gasteiger charge is -2.39. The first-order chi connectivity index (χ1) is 14.9. The van der Waals surface area contributed by atoms with E-state index in [-0.39, 0.29) is 18.4 Å². The van der Waals surface area contributed by atoms with Crippen LogP contribution in [0.2, 0.25) is 0 Å². The third kappa shape index (κ3) is 5.90. The zero-order valence-corrected chi connectivity index (χ0v) is 18.3. The van der Waals surface area contributed by atoms with Crippen LogP contribution in [0.5, 0.6) is 17.2 Å². The summed E-state index contributed by atoms with van der Waals surface area (Å²) in [5.41, 5.74) is 0.334. The van der Waals surface area contributed by atoms with Gasteiger partial charge in [0.15, 0.2) is 6.61 Å². The monoisotopic (exact) mass is 426 g/mol. The van der Waals surface area contributed by atoms with Crippen molar-refractivity contribution in [1.29, 1.82) is 0 Å². The van der Waals surface area contributed by atoms with E-state index in [1.54, 1.807) is 43.4 Å². The number of likely N-dealkylation sites (tertiary alicyclic amines) is 1. The van der Waals surface area contributed by atoms with Gasteiger partial charge in [-0.3, -0.25) is 9.59 Å². The molecule has 1 aliphatic heterocycles. The SMILES string of the molecule is COc1ccc(OCC(=O)N2CCC[C@@](C)(C(=O)NCc3cccc(OC)c3)C2)cc1. The summed E-state index contributed by atoms with van der Waals surface area (Å²) >= 11 is 0. The lowest BCUT2D eigenvalue weighted by atomic mass is 9.81. The fraction of sp³-hybridized carbons (Fsp3) is 0.417. The van der Waals surface area contributed by atoms with Crippen LogP contribution >= 0.6 is 0 Å². The molecule has 1 heterocycles. The minimum absolute atomic E-state index is 0.0520. The van der Waals surface area contributed by atoms with E-state index >= 15 is 0 Å². The summed E-state index contributed by atoms with van der Waals surface area (Å²) in [5, 5.41) is 3.01. The van der Waals surface area contributed by atoms with Gasteiger partial charge in [-0.15, -0.1) is 0 Å². The number of amides is 2. The van der Waals surface area contributed by atoms with Crippen molar-refractivity contribution in [2.24, 2.45) is 5.41 Å². The fourth-order valence-corrected chi connectivity index (χ4v) is 3.72. The predicted octanol–water partition coefficient (Wildman–Crippen LogP) is 3.03. The van der Waals surface area contributed by atoms with Gasteiger partial charge in [0.05, 0.1) is 19.6 Å². The number of piperidine rings is 1. The minimum Gasteiger partial charge on any atom is -0.497 e. The maximum absolute atomic E-state index is 12.9. The third-order valence-electron chi connectivity index (χ3n) is 5.61. The second-order valence-electron chi connectivity index (χ2n) is 7.98. The molecule has 1 N–H and O–H groups in total. The molecule has 0 spiro atoms. The van der Waals surface area contributed by atoms with Gasteiger partial charge in [-0.1, -0.05) is 12.1 Å². The van der Waals surface area contributed by atoms with E-state index in [2.05, 4.69) is 5.32 Å². The molecule has 0 aliphatic carbocycles. The number of hydrogen-bond acceptors (Lipinski definition) is 5. The molecule has 0 radical (unpaired) electrons. The summed E-state index contributed by atoms with van der Waals surface area (Å²) in [6.45, 7) is 3.27. The number of rotatable bonds is 8. The number of benzene rings is 2. The first kappa shape index (κ1) is 22.5. The van der Waals surface area contributed by atoms with Gasteiger partial charge in [0.1, 0.15) is 17.2 Å². The molecule has 0 unspecified atom stereocenters. The fourth-order valence-electron chi connectivity index (χ4n) is 3.72. The highest BCUT2D eigenvalue weighted by atomic mass is 16.5. The van der Waals surface area contributed by atoms with E-state index in [9.17, 15) is 9.59 Å². The Morgan fingerprint density at radius 3 is 2.45 bits per heavy atom. The van der Waals surface area contributed by atoms with Gasteiger partial charge in [0.25, 0.3) is 5.91 Å². The van der Waals surface area contributed by atoms with Crippen molar-refractivity contribution >= 4 is 11.8 Å². The van der Waals surface area contributed by atoms with Crippen LogP contribution in [0, 0.1) is 5.41 Å². The summed E-state index contributed by atoms with van der Waals surface area (Å²) < 4.78 is 16.0. The Kier molecular flexibility index (Phi) is 7.39. The van der Waals surface area contributed by atoms with Crippen molar-refractivity contribution < 1.29 is 23.8 Å². The van der Waals surface area contributed by atoms with Crippen molar-refractivity contribution in [3.05, 3.63) is 54.1 Å². The number of carbonyl (C=O) groups is 2. The number of nitrogens with one attached hydrogen (secondary N) is 1. The molecule has 2 amide bonds. The van der Waals surface area contributed by atoms with Crippen LogP contribution in [0.4, 0.5) is 0 Å². The summed E-state index contributed by atoms with van der Waals surface area (Å²) in [7, 11) is 3.21. The Balaban J connectivity index is 1.53. The van der Waals surface area contributed by atoms with Gasteiger partial charge < -0.3 is 24.4 Å². The van der Waals surface area contributed by atoms with Gasteiger partial charge in [0, 0.05) is 19.6 Å². The van der Waals surface area contributed by atoms with Gasteiger partial charge >= 0.3 is 0 Å². The highest BCUT2D eigenvalue weighted by Crippen LogP contribution is 2.30. The number of methoxy groups -OCH3 is 2. The van der Waals surface area contributed by atoms with E-state index in [1.807, 2.05) is 31.2 Å². The molecular formula is C24H30N2O5. The molecule has 0 saturated carbocycles. The molecular weight excluding hydrogens is 396 g/mol. The Bertz CT molecular complexity index is 899. The Morgan fingerprint density at radius 2 is 1.74 bits per heavy atom. The Morgan fingerprint density at radius 1 is 1.03 bits per heavy atom. The van der Waals surface area contributed by atoms with Crippen LogP contribution in [-0.4, -0.2) is 50.6 Å². The van der Waals surface area contributed by atoms with Crippen molar-refractivity contribution in [3.8, 4) is 17.2 Å². The van der Waals surface area contributed by atoms with Crippen LogP contribution in [0.25, 0.3) is 0 Å². The number of hydrogen-bond donors (Lipinski definition) is 1. The van der Waals surface area contributed by atoms with E-state index < -0.39 is 5.41 Å². The quantitative estimate of drug-likeness (QED) is 0.702. The smallest absolute Gasteiger partial charge is 0.260 e. The summed E-state index contributed by atoms with van der Waals surface area (Å²) in [6, 6.07) is 14.7. The van der Waals surface area contributed by atoms with Crippen molar-refractivity contribution in [1.82, 2.24) is 10.2 Å². The third-order valence-corrected chi connectivity index (χ3v) is 5.61. The molecule has 1 aliphatic rings. The predicted molar refractivity (Wildman–Crippen MR) is 117 cm³/mol. The Labute approximate surface area is 183 Å². The zero-order chi connectivity index (χ0) is 22.3. The number of carbonyl (C=O) groups excluding carboxylic acids is 2. The number of nitrogens with zero attached hydrogens (tertiary/aromatic N) is 1. The topological polar surface area (TPSA) is 77.1 Å². The second-order valence-corrected chi connectivity index (χ2v) is 7.98. The molecule has 1 saturated heterocycles. The average molecular weight is 427 g/mol. The van der Waals surface area contributed by atoms with E-state index in [0.29, 0.717) is 25.4 Å². The molecule has 31 heavy (non-hydrogen) atoms. The molecule has 7 nitrogen and oxygen atoms in total. The highest BCUT2D eigenvalue weighted by molar-refractivity contribution is 5.84. The van der Waals surface area contributed by atoms with Gasteiger partial charge in [-0.2, -0.15) is 0 Å². The van der Waals surface area contributed by atoms with Crippen molar-refractivity contribution in [2.45, 2.75) is 26.3 Å². The second kappa shape index (κ2) is 10.2. The maximum Gasteiger partial charge on any atom is 0.260 e. The molecule has 3 rings (SSSR count). The molecule has 7 heteroatoms. The summed E-state index contributed by atoms with van der Waals surface area (Å²) in [5.74, 6) is 1.91. The molecule has 2 aromatic carbocycles. The van der Waals surface area contributed by atoms with Gasteiger partial charge in [-0.25, -0.2) is 0 Å². The summed E-state index contributed by atoms with van der Waals surface area (Å²) in [6.07, 6.45) is 1.51. The van der Waals surface area contributed by atoms with Crippen molar-refractivity contribution in [3.63, 3.8) is 0 Å². The first-order valence-electron chi connectivity index (χ1n) is 10.4. The zero-order valence-electron chi connectivity index (χ0n) is 18.3. The lowest BCUT2D eigenvalue weighted by molar-refractivity contribution is -0.142. The average Bonchev–Trinajstić information content (AvgIpc) is 2.81. The standard InChI is InChI=1S/C24H30N2O5/c1-24(23(28)25-15-18-6-4-7-21(14-18)30-3)12-5-13-26(17-24)22(27)16-31-20-10-8-19(29-2)9-11-20/h4,6-11,14H,5,12-13,15-17H2,1-3H3,(H,25,28)/t24-/m1/s1. The van der Waals surface area contributed by atoms with E-state index in [4.69, 9.17) is 14.2 Å². The van der Waals surface area contributed by atoms with Gasteiger partial charge in [-0.05, 0) is 61.7 Å². The molecule has 1 atom stereocenters. The van der Waals surface area contributed by atoms with Crippen LogP contribution in [0.3, 0.4) is 0 Å². The maximum atomic E-state index is 12.9. The van der Waals surface area contributed by atoms with Crippen LogP contribution in [0.15, 0.2) is 48.5 Å². The van der Waals surface area contributed by atoms with E-state index in [1.165, 1.54) is 0 Å². The van der Waals surface area contributed by atoms with Crippen LogP contribution in [0.1, 0.15) is 25.3 Å². The Hall–Kier alpha value is -3.22. The van der Waals surface area contributed by atoms with Gasteiger partial charge in [0.2, 0.25) is 5.91 Å². The molecule has 2 aromatic rings. The lowest BCUT2D eigenvalue weighted by Crippen LogP contribution is -2.52. The first-order valence-corrected chi connectivity index (χ1v) is 10.4. The van der Waals surface area contributed by atoms with Crippen LogP contribution < -0.4 is 19.5 Å². The minimum atomic E-state index is -0.632. The number of ether oxygens (including phenoxy) is 3. The largest absolute Gasteiger partial charge is 0.497 e. The normalized spacial score (nSPS) is 18.2. The highest BCUT2D eigenvalue weighted by Gasteiger charge is 2.39. The van der Waals surface area contributed by atoms with E-state index in [0.717, 1.165) is 29.9 Å². The van der Waals surface area contributed by atoms with Crippen LogP contribution in [-0.2, 0) is 16.1 Å². The molecule has 0 aromatic heterocycles. The molecule has 1 fully saturated rings. The van der Waals surface area contributed by atoms with Crippen molar-refractivity contribution in [2.75, 3.05) is 33.9 Å². The summed E-state index contributed by atoms with van der Waals surface area (Å²) in [4.78, 5) is 27.3. The molecule has 166 valence electrons.